The monoisotopic (exact) mass is 434 g/mol. The zero-order chi connectivity index (χ0) is 22.3. The van der Waals surface area contributed by atoms with Gasteiger partial charge in [-0.2, -0.15) is 5.10 Å². The fourth-order valence-corrected chi connectivity index (χ4v) is 3.46. The summed E-state index contributed by atoms with van der Waals surface area (Å²) in [7, 11) is 0. The van der Waals surface area contributed by atoms with Gasteiger partial charge in [0.2, 0.25) is 0 Å². The molecule has 0 saturated carbocycles. The van der Waals surface area contributed by atoms with Crippen molar-refractivity contribution < 1.29 is 19.2 Å². The molecular weight excluding hydrogens is 412 g/mol. The summed E-state index contributed by atoms with van der Waals surface area (Å²) in [6.45, 7) is 2.07. The summed E-state index contributed by atoms with van der Waals surface area (Å²) in [5, 5.41) is 17.5. The molecule has 164 valence electrons. The Morgan fingerprint density at radius 2 is 1.91 bits per heavy atom. The summed E-state index contributed by atoms with van der Waals surface area (Å²) >= 11 is 0. The number of anilines is 1. The lowest BCUT2D eigenvalue weighted by molar-refractivity contribution is -0.384. The smallest absolute Gasteiger partial charge is 0.293 e. The highest BCUT2D eigenvalue weighted by Crippen LogP contribution is 2.29. The van der Waals surface area contributed by atoms with Crippen molar-refractivity contribution >= 4 is 34.3 Å². The van der Waals surface area contributed by atoms with Gasteiger partial charge < -0.3 is 14.4 Å². The Hall–Kier alpha value is -3.98. The normalized spacial score (nSPS) is 13.9. The lowest BCUT2D eigenvalue weighted by Gasteiger charge is -2.28. The van der Waals surface area contributed by atoms with Crippen LogP contribution >= 0.6 is 0 Å². The molecule has 32 heavy (non-hydrogen) atoms. The van der Waals surface area contributed by atoms with Crippen molar-refractivity contribution in [2.24, 2.45) is 5.10 Å². The highest BCUT2D eigenvalue weighted by molar-refractivity contribution is 5.86. The molecule has 0 atom stereocenters. The lowest BCUT2D eigenvalue weighted by atomic mass is 10.1. The molecule has 3 aromatic rings. The SMILES string of the molecule is O=C(COc1ccc2ccccc2c1)N/N=C/c1ccc(N2CCOCC2)c([N+](=O)[O-])c1. The van der Waals surface area contributed by atoms with Crippen LogP contribution in [0.25, 0.3) is 10.8 Å². The lowest BCUT2D eigenvalue weighted by Crippen LogP contribution is -2.36. The van der Waals surface area contributed by atoms with E-state index in [1.165, 1.54) is 12.3 Å². The van der Waals surface area contributed by atoms with Crippen LogP contribution in [0.2, 0.25) is 0 Å². The van der Waals surface area contributed by atoms with Crippen LogP contribution in [0, 0.1) is 10.1 Å². The molecule has 1 amide bonds. The zero-order valence-electron chi connectivity index (χ0n) is 17.3. The predicted molar refractivity (Wildman–Crippen MR) is 121 cm³/mol. The molecule has 0 aromatic heterocycles. The number of nitrogens with one attached hydrogen (secondary N) is 1. The maximum Gasteiger partial charge on any atom is 0.293 e. The number of carbonyl (C=O) groups is 1. The van der Waals surface area contributed by atoms with E-state index in [0.717, 1.165) is 10.8 Å². The molecule has 1 saturated heterocycles. The fourth-order valence-electron chi connectivity index (χ4n) is 3.46. The Morgan fingerprint density at radius 1 is 1.12 bits per heavy atom. The molecule has 0 bridgehead atoms. The number of fused-ring (bicyclic) bond motifs is 1. The van der Waals surface area contributed by atoms with Crippen LogP contribution in [0.4, 0.5) is 11.4 Å². The molecule has 9 heteroatoms. The summed E-state index contributed by atoms with van der Waals surface area (Å²) in [5.74, 6) is 0.144. The Bertz CT molecular complexity index is 1160. The number of carbonyl (C=O) groups excluding carboxylic acids is 1. The van der Waals surface area contributed by atoms with Crippen molar-refractivity contribution in [3.8, 4) is 5.75 Å². The molecule has 1 fully saturated rings. The molecule has 0 aliphatic carbocycles. The van der Waals surface area contributed by atoms with E-state index < -0.39 is 10.8 Å². The number of rotatable bonds is 7. The van der Waals surface area contributed by atoms with Gasteiger partial charge in [0.25, 0.3) is 11.6 Å². The summed E-state index contributed by atoms with van der Waals surface area (Å²) < 4.78 is 10.8. The van der Waals surface area contributed by atoms with Gasteiger partial charge in [0.05, 0.1) is 24.4 Å². The average molecular weight is 434 g/mol. The quantitative estimate of drug-likeness (QED) is 0.348. The predicted octanol–water partition coefficient (Wildman–Crippen LogP) is 3.11. The Kier molecular flexibility index (Phi) is 6.57. The van der Waals surface area contributed by atoms with Crippen molar-refractivity contribution in [3.63, 3.8) is 0 Å². The Labute approximate surface area is 184 Å². The van der Waals surface area contributed by atoms with Gasteiger partial charge >= 0.3 is 0 Å². The number of amides is 1. The minimum absolute atomic E-state index is 0.0122. The molecule has 4 rings (SSSR count). The summed E-state index contributed by atoms with van der Waals surface area (Å²) in [6, 6.07) is 18.3. The van der Waals surface area contributed by atoms with E-state index in [1.54, 1.807) is 18.2 Å². The summed E-state index contributed by atoms with van der Waals surface area (Å²) in [4.78, 5) is 25.1. The van der Waals surface area contributed by atoms with Crippen LogP contribution in [0.3, 0.4) is 0 Å². The summed E-state index contributed by atoms with van der Waals surface area (Å²) in [6.07, 6.45) is 1.37. The molecule has 0 spiro atoms. The largest absolute Gasteiger partial charge is 0.484 e. The third-order valence-corrected chi connectivity index (χ3v) is 5.04. The van der Waals surface area contributed by atoms with E-state index in [0.29, 0.717) is 43.3 Å². The maximum atomic E-state index is 12.0. The Balaban J connectivity index is 1.34. The Morgan fingerprint density at radius 3 is 2.69 bits per heavy atom. The molecule has 1 aliphatic rings. The number of hydrazone groups is 1. The van der Waals surface area contributed by atoms with Crippen LogP contribution in [0.15, 0.2) is 65.8 Å². The van der Waals surface area contributed by atoms with Gasteiger partial charge in [-0.25, -0.2) is 5.43 Å². The fraction of sp³-hybridized carbons (Fsp3) is 0.217. The van der Waals surface area contributed by atoms with Gasteiger partial charge in [-0.3, -0.25) is 14.9 Å². The zero-order valence-corrected chi connectivity index (χ0v) is 17.3. The molecule has 0 unspecified atom stereocenters. The highest BCUT2D eigenvalue weighted by Gasteiger charge is 2.21. The van der Waals surface area contributed by atoms with Crippen molar-refractivity contribution in [2.45, 2.75) is 0 Å². The van der Waals surface area contributed by atoms with Crippen molar-refractivity contribution in [1.29, 1.82) is 0 Å². The molecule has 1 heterocycles. The van der Waals surface area contributed by atoms with Crippen LogP contribution in [-0.2, 0) is 9.53 Å². The minimum atomic E-state index is -0.436. The second kappa shape index (κ2) is 9.88. The number of hydrogen-bond donors (Lipinski definition) is 1. The topological polar surface area (TPSA) is 106 Å². The van der Waals surface area contributed by atoms with E-state index in [-0.39, 0.29) is 12.3 Å². The number of nitrogens with zero attached hydrogens (tertiary/aromatic N) is 3. The average Bonchev–Trinajstić information content (AvgIpc) is 2.83. The highest BCUT2D eigenvalue weighted by atomic mass is 16.6. The van der Waals surface area contributed by atoms with Gasteiger partial charge in [0.15, 0.2) is 6.61 Å². The van der Waals surface area contributed by atoms with Crippen molar-refractivity contribution in [3.05, 3.63) is 76.3 Å². The van der Waals surface area contributed by atoms with Crippen molar-refractivity contribution in [1.82, 2.24) is 5.43 Å². The molecule has 0 radical (unpaired) electrons. The number of ether oxygens (including phenoxy) is 2. The third kappa shape index (κ3) is 5.19. The number of morpholine rings is 1. The second-order valence-corrected chi connectivity index (χ2v) is 7.20. The first kappa shape index (κ1) is 21.3. The number of nitro benzene ring substituents is 1. The van der Waals surface area contributed by atoms with Gasteiger partial charge in [0, 0.05) is 24.7 Å². The third-order valence-electron chi connectivity index (χ3n) is 5.04. The summed E-state index contributed by atoms with van der Waals surface area (Å²) in [5.41, 5.74) is 3.41. The molecule has 1 aliphatic heterocycles. The standard InChI is InChI=1S/C23H22N4O5/c28-23(16-32-20-7-6-18-3-1-2-4-19(18)14-20)25-24-15-17-5-8-21(22(13-17)27(29)30)26-9-11-31-12-10-26/h1-8,13-15H,9-12,16H2,(H,25,28)/b24-15+. The first-order valence-electron chi connectivity index (χ1n) is 10.1. The van der Waals surface area contributed by atoms with E-state index in [2.05, 4.69) is 10.5 Å². The number of nitro groups is 1. The van der Waals surface area contributed by atoms with Crippen LogP contribution in [0.5, 0.6) is 5.75 Å². The van der Waals surface area contributed by atoms with E-state index in [4.69, 9.17) is 9.47 Å². The first-order valence-corrected chi connectivity index (χ1v) is 10.1. The van der Waals surface area contributed by atoms with Crippen LogP contribution in [-0.4, -0.2) is 50.0 Å². The van der Waals surface area contributed by atoms with Crippen molar-refractivity contribution in [2.75, 3.05) is 37.8 Å². The molecular formula is C23H22N4O5. The van der Waals surface area contributed by atoms with E-state index >= 15 is 0 Å². The van der Waals surface area contributed by atoms with Gasteiger partial charge in [0.1, 0.15) is 11.4 Å². The number of benzene rings is 3. The van der Waals surface area contributed by atoms with E-state index in [1.807, 2.05) is 41.3 Å². The second-order valence-electron chi connectivity index (χ2n) is 7.20. The first-order chi connectivity index (χ1) is 15.6. The van der Waals surface area contributed by atoms with Gasteiger partial charge in [-0.1, -0.05) is 36.4 Å². The van der Waals surface area contributed by atoms with Crippen LogP contribution < -0.4 is 15.1 Å². The van der Waals surface area contributed by atoms with E-state index in [9.17, 15) is 14.9 Å². The van der Waals surface area contributed by atoms with Crippen LogP contribution in [0.1, 0.15) is 5.56 Å². The maximum absolute atomic E-state index is 12.0. The minimum Gasteiger partial charge on any atom is -0.484 e. The molecule has 9 nitrogen and oxygen atoms in total. The molecule has 1 N–H and O–H groups in total. The molecule has 3 aromatic carbocycles. The van der Waals surface area contributed by atoms with Gasteiger partial charge in [-0.15, -0.1) is 0 Å². The van der Waals surface area contributed by atoms with Gasteiger partial charge in [-0.05, 0) is 29.0 Å². The number of hydrogen-bond acceptors (Lipinski definition) is 7.